The zero-order valence-electron chi connectivity index (χ0n) is 8.11. The number of hydrogen-bond donors (Lipinski definition) is 0. The summed E-state index contributed by atoms with van der Waals surface area (Å²) in [4.78, 5) is 7.28. The second kappa shape index (κ2) is 2.68. The van der Waals surface area contributed by atoms with E-state index in [2.05, 4.69) is 29.1 Å². The Labute approximate surface area is 79.3 Å². The fraction of sp³-hybridized carbons (Fsp3) is 0.727. The molecule has 0 aromatic rings. The summed E-state index contributed by atoms with van der Waals surface area (Å²) in [6, 6.07) is 1.23. The lowest BCUT2D eigenvalue weighted by Gasteiger charge is -2.49. The molecule has 2 bridgehead atoms. The molecule has 4 heterocycles. The number of nitrogens with zero attached hydrogens (tertiary/aromatic N) is 2. The molecular formula is C11H16N2. The molecule has 4 rings (SSSR count). The summed E-state index contributed by atoms with van der Waals surface area (Å²) in [6.07, 6.45) is 7.20. The van der Waals surface area contributed by atoms with Crippen LogP contribution < -0.4 is 0 Å². The second-order valence-corrected chi connectivity index (χ2v) is 4.54. The van der Waals surface area contributed by atoms with Crippen LogP contribution in [0, 0.1) is 5.92 Å². The molecule has 0 amide bonds. The first-order valence-corrected chi connectivity index (χ1v) is 5.30. The van der Waals surface area contributed by atoms with Gasteiger partial charge in [0.2, 0.25) is 0 Å². The van der Waals surface area contributed by atoms with E-state index < -0.39 is 0 Å². The van der Waals surface area contributed by atoms with Crippen LogP contribution in [0.15, 0.2) is 16.6 Å². The summed E-state index contributed by atoms with van der Waals surface area (Å²) in [7, 11) is 0. The Balaban J connectivity index is 1.94. The van der Waals surface area contributed by atoms with E-state index in [1.165, 1.54) is 31.5 Å². The van der Waals surface area contributed by atoms with Gasteiger partial charge in [-0.15, -0.1) is 0 Å². The molecule has 2 atom stereocenters. The molecule has 2 heteroatoms. The van der Waals surface area contributed by atoms with E-state index >= 15 is 0 Å². The topological polar surface area (TPSA) is 15.6 Å². The van der Waals surface area contributed by atoms with Crippen molar-refractivity contribution in [2.45, 2.75) is 31.8 Å². The van der Waals surface area contributed by atoms with Gasteiger partial charge in [-0.2, -0.15) is 0 Å². The van der Waals surface area contributed by atoms with Gasteiger partial charge in [0.1, 0.15) is 0 Å². The average molecular weight is 176 g/mol. The molecule has 0 aromatic heterocycles. The van der Waals surface area contributed by atoms with Crippen molar-refractivity contribution >= 4 is 6.21 Å². The number of dihydropyridines is 1. The predicted octanol–water partition coefficient (Wildman–Crippen LogP) is 1.48. The van der Waals surface area contributed by atoms with E-state index in [1.54, 1.807) is 0 Å². The van der Waals surface area contributed by atoms with Crippen molar-refractivity contribution in [2.24, 2.45) is 10.9 Å². The van der Waals surface area contributed by atoms with Gasteiger partial charge in [0.15, 0.2) is 0 Å². The van der Waals surface area contributed by atoms with E-state index in [0.29, 0.717) is 12.1 Å². The van der Waals surface area contributed by atoms with E-state index in [9.17, 15) is 0 Å². The maximum atomic E-state index is 4.68. The smallest absolute Gasteiger partial charge is 0.0719 e. The molecule has 3 saturated heterocycles. The Morgan fingerprint density at radius 3 is 2.92 bits per heavy atom. The van der Waals surface area contributed by atoms with E-state index in [4.69, 9.17) is 0 Å². The van der Waals surface area contributed by atoms with Gasteiger partial charge in [0.25, 0.3) is 0 Å². The minimum Gasteiger partial charge on any atom is -0.295 e. The standard InChI is InChI=1S/C11H16N2/c1-8-6-10-11(12-7-8)9-2-4-13(10)5-3-9/h6-7,9-11H,2-5H2,1H3/t10-,11+/m0/s1. The molecule has 0 unspecified atom stereocenters. The third-order valence-electron chi connectivity index (χ3n) is 3.71. The van der Waals surface area contributed by atoms with Gasteiger partial charge < -0.3 is 0 Å². The highest BCUT2D eigenvalue weighted by Crippen LogP contribution is 2.36. The van der Waals surface area contributed by atoms with Gasteiger partial charge in [-0.05, 0) is 44.3 Å². The quantitative estimate of drug-likeness (QED) is 0.546. The molecule has 0 aromatic carbocycles. The molecule has 0 aliphatic carbocycles. The predicted molar refractivity (Wildman–Crippen MR) is 54.1 cm³/mol. The molecule has 2 nitrogen and oxygen atoms in total. The van der Waals surface area contributed by atoms with Crippen molar-refractivity contribution in [3.05, 3.63) is 11.6 Å². The van der Waals surface area contributed by atoms with Crippen molar-refractivity contribution in [3.63, 3.8) is 0 Å². The number of piperidine rings is 3. The Morgan fingerprint density at radius 2 is 2.15 bits per heavy atom. The highest BCUT2D eigenvalue weighted by Gasteiger charge is 2.41. The first kappa shape index (κ1) is 7.74. The van der Waals surface area contributed by atoms with E-state index in [0.717, 1.165) is 5.92 Å². The van der Waals surface area contributed by atoms with Crippen molar-refractivity contribution in [1.82, 2.24) is 4.90 Å². The summed E-state index contributed by atoms with van der Waals surface area (Å²) >= 11 is 0. The lowest BCUT2D eigenvalue weighted by Crippen LogP contribution is -2.57. The molecule has 4 aliphatic heterocycles. The Bertz CT molecular complexity index is 272. The highest BCUT2D eigenvalue weighted by molar-refractivity contribution is 5.79. The maximum absolute atomic E-state index is 4.68. The van der Waals surface area contributed by atoms with Gasteiger partial charge in [0.05, 0.1) is 12.1 Å². The van der Waals surface area contributed by atoms with Gasteiger partial charge in [-0.25, -0.2) is 0 Å². The fourth-order valence-electron chi connectivity index (χ4n) is 2.98. The maximum Gasteiger partial charge on any atom is 0.0719 e. The average Bonchev–Trinajstić information content (AvgIpc) is 2.19. The van der Waals surface area contributed by atoms with Crippen LogP contribution in [0.2, 0.25) is 0 Å². The number of allylic oxidation sites excluding steroid dienone is 1. The molecule has 0 radical (unpaired) electrons. The van der Waals surface area contributed by atoms with Crippen molar-refractivity contribution in [3.8, 4) is 0 Å². The summed E-state index contributed by atoms with van der Waals surface area (Å²) in [6.45, 7) is 4.75. The Morgan fingerprint density at radius 1 is 1.38 bits per heavy atom. The van der Waals surface area contributed by atoms with Crippen LogP contribution in [0.5, 0.6) is 0 Å². The van der Waals surface area contributed by atoms with E-state index in [1.807, 2.05) is 0 Å². The minimum absolute atomic E-state index is 0.589. The van der Waals surface area contributed by atoms with Crippen LogP contribution in [-0.2, 0) is 0 Å². The molecule has 0 N–H and O–H groups in total. The number of fused-ring (bicyclic) bond motifs is 2. The van der Waals surface area contributed by atoms with Crippen LogP contribution in [-0.4, -0.2) is 36.3 Å². The second-order valence-electron chi connectivity index (χ2n) is 4.54. The normalized spacial score (nSPS) is 47.3. The molecular weight excluding hydrogens is 160 g/mol. The number of rotatable bonds is 0. The lowest BCUT2D eigenvalue weighted by atomic mass is 9.77. The van der Waals surface area contributed by atoms with Crippen LogP contribution >= 0.6 is 0 Å². The summed E-state index contributed by atoms with van der Waals surface area (Å²) in [5.74, 6) is 0.871. The third-order valence-corrected chi connectivity index (χ3v) is 3.71. The monoisotopic (exact) mass is 176 g/mol. The van der Waals surface area contributed by atoms with E-state index in [-0.39, 0.29) is 0 Å². The molecule has 0 saturated carbocycles. The van der Waals surface area contributed by atoms with Gasteiger partial charge in [-0.3, -0.25) is 9.89 Å². The highest BCUT2D eigenvalue weighted by atomic mass is 15.2. The van der Waals surface area contributed by atoms with Crippen LogP contribution in [0.3, 0.4) is 0 Å². The van der Waals surface area contributed by atoms with Crippen LogP contribution in [0.4, 0.5) is 0 Å². The van der Waals surface area contributed by atoms with Crippen LogP contribution in [0.25, 0.3) is 0 Å². The lowest BCUT2D eigenvalue weighted by molar-refractivity contribution is 0.0519. The zero-order valence-corrected chi connectivity index (χ0v) is 8.11. The first-order valence-electron chi connectivity index (χ1n) is 5.30. The summed E-state index contributed by atoms with van der Waals surface area (Å²) in [5.41, 5.74) is 1.34. The van der Waals surface area contributed by atoms with Gasteiger partial charge in [-0.1, -0.05) is 6.08 Å². The number of aliphatic imine (C=N–C) groups is 1. The Kier molecular flexibility index (Phi) is 1.59. The first-order chi connectivity index (χ1) is 6.34. The van der Waals surface area contributed by atoms with Crippen molar-refractivity contribution in [2.75, 3.05) is 13.1 Å². The zero-order chi connectivity index (χ0) is 8.84. The molecule has 4 aliphatic rings. The van der Waals surface area contributed by atoms with Crippen molar-refractivity contribution in [1.29, 1.82) is 0 Å². The molecule has 0 spiro atoms. The molecule has 3 fully saturated rings. The van der Waals surface area contributed by atoms with Crippen molar-refractivity contribution < 1.29 is 0 Å². The summed E-state index contributed by atoms with van der Waals surface area (Å²) < 4.78 is 0. The Hall–Kier alpha value is -0.630. The fourth-order valence-corrected chi connectivity index (χ4v) is 2.98. The SMILES string of the molecule is CC1=C[C@H]2[C@H](N=C1)C1CCN2CC1. The van der Waals surface area contributed by atoms with Gasteiger partial charge >= 0.3 is 0 Å². The third kappa shape index (κ3) is 1.08. The summed E-state index contributed by atoms with van der Waals surface area (Å²) in [5, 5.41) is 0. The molecule has 13 heavy (non-hydrogen) atoms. The number of hydrogen-bond acceptors (Lipinski definition) is 2. The largest absolute Gasteiger partial charge is 0.295 e. The van der Waals surface area contributed by atoms with Crippen LogP contribution in [0.1, 0.15) is 19.8 Å². The minimum atomic E-state index is 0.589. The molecule has 70 valence electrons. The van der Waals surface area contributed by atoms with Gasteiger partial charge in [0, 0.05) is 6.21 Å².